The summed E-state index contributed by atoms with van der Waals surface area (Å²) < 4.78 is 40.8. The van der Waals surface area contributed by atoms with Gasteiger partial charge in [-0.15, -0.1) is 13.2 Å². The maximum absolute atomic E-state index is 12.5. The van der Waals surface area contributed by atoms with Gasteiger partial charge in [-0.3, -0.25) is 4.90 Å². The molecule has 0 aliphatic carbocycles. The summed E-state index contributed by atoms with van der Waals surface area (Å²) in [4.78, 5) is 18.6. The van der Waals surface area contributed by atoms with Crippen molar-refractivity contribution in [2.24, 2.45) is 0 Å². The number of nitrogens with zero attached hydrogens (tertiary/aromatic N) is 3. The van der Waals surface area contributed by atoms with E-state index < -0.39 is 6.36 Å². The summed E-state index contributed by atoms with van der Waals surface area (Å²) in [6.45, 7) is 4.32. The number of anilines is 2. The van der Waals surface area contributed by atoms with Crippen molar-refractivity contribution in [2.75, 3.05) is 49.5 Å². The molecule has 2 aromatic rings. The summed E-state index contributed by atoms with van der Waals surface area (Å²) in [7, 11) is 0. The summed E-state index contributed by atoms with van der Waals surface area (Å²) in [5, 5.41) is 3.54. The number of nitrogens with one attached hydrogen (secondary N) is 1. The highest BCUT2D eigenvalue weighted by Gasteiger charge is 2.36. The second-order valence-corrected chi connectivity index (χ2v) is 8.46. The van der Waals surface area contributed by atoms with E-state index in [1.54, 1.807) is 35.2 Å². The Morgan fingerprint density at radius 3 is 2.12 bits per heavy atom. The number of urea groups is 1. The average molecular weight is 489 g/mol. The number of rotatable bonds is 4. The number of hydrogen-bond acceptors (Lipinski definition) is 4. The van der Waals surface area contributed by atoms with Crippen molar-refractivity contribution in [1.29, 1.82) is 0 Å². The molecule has 2 saturated heterocycles. The van der Waals surface area contributed by atoms with Gasteiger partial charge in [-0.2, -0.15) is 0 Å². The third-order valence-electron chi connectivity index (χ3n) is 5.61. The van der Waals surface area contributed by atoms with E-state index in [0.717, 1.165) is 31.9 Å². The monoisotopic (exact) mass is 488 g/mol. The van der Waals surface area contributed by atoms with Gasteiger partial charge in [0.05, 0.1) is 15.7 Å². The summed E-state index contributed by atoms with van der Waals surface area (Å²) in [5.41, 5.74) is 1.26. The number of ether oxygens (including phenoxy) is 1. The van der Waals surface area contributed by atoms with Crippen molar-refractivity contribution >= 4 is 40.6 Å². The van der Waals surface area contributed by atoms with Crippen LogP contribution in [0.3, 0.4) is 0 Å². The average Bonchev–Trinajstić information content (AvgIpc) is 2.70. The molecule has 2 aliphatic rings. The van der Waals surface area contributed by atoms with E-state index >= 15 is 0 Å². The third kappa shape index (κ3) is 5.33. The van der Waals surface area contributed by atoms with Gasteiger partial charge in [-0.05, 0) is 36.4 Å². The normalized spacial score (nSPS) is 17.8. The van der Waals surface area contributed by atoms with Crippen LogP contribution >= 0.6 is 23.2 Å². The van der Waals surface area contributed by atoms with E-state index in [4.69, 9.17) is 23.2 Å². The van der Waals surface area contributed by atoms with Gasteiger partial charge in [0.25, 0.3) is 0 Å². The van der Waals surface area contributed by atoms with Crippen molar-refractivity contribution in [2.45, 2.75) is 12.4 Å². The Hall–Kier alpha value is -2.36. The van der Waals surface area contributed by atoms with Gasteiger partial charge in [-0.1, -0.05) is 29.3 Å². The minimum absolute atomic E-state index is 0.231. The molecule has 172 valence electrons. The second kappa shape index (κ2) is 9.25. The van der Waals surface area contributed by atoms with Gasteiger partial charge < -0.3 is 19.9 Å². The fourth-order valence-electron chi connectivity index (χ4n) is 3.86. The quantitative estimate of drug-likeness (QED) is 0.662. The second-order valence-electron chi connectivity index (χ2n) is 7.65. The maximum atomic E-state index is 12.5. The van der Waals surface area contributed by atoms with E-state index in [2.05, 4.69) is 19.9 Å². The molecule has 11 heteroatoms. The number of likely N-dealkylation sites (tertiary alicyclic amines) is 1. The summed E-state index contributed by atoms with van der Waals surface area (Å²) >= 11 is 12.2. The molecular formula is C21H21Cl2F3N4O2. The zero-order chi connectivity index (χ0) is 22.9. The maximum Gasteiger partial charge on any atom is 0.573 e. The Kier molecular flexibility index (Phi) is 6.60. The van der Waals surface area contributed by atoms with Crippen LogP contribution in [0.15, 0.2) is 42.5 Å². The molecule has 0 saturated carbocycles. The van der Waals surface area contributed by atoms with Crippen molar-refractivity contribution in [3.8, 4) is 5.75 Å². The first-order valence-corrected chi connectivity index (χ1v) is 10.8. The molecule has 0 aromatic heterocycles. The molecule has 0 atom stereocenters. The number of piperazine rings is 1. The van der Waals surface area contributed by atoms with Gasteiger partial charge in [-0.25, -0.2) is 4.79 Å². The zero-order valence-electron chi connectivity index (χ0n) is 16.9. The highest BCUT2D eigenvalue weighted by atomic mass is 35.5. The highest BCUT2D eigenvalue weighted by molar-refractivity contribution is 6.39. The summed E-state index contributed by atoms with van der Waals surface area (Å²) in [6.07, 6.45) is -4.69. The van der Waals surface area contributed by atoms with Gasteiger partial charge in [0.1, 0.15) is 5.75 Å². The lowest BCUT2D eigenvalue weighted by Crippen LogP contribution is -2.64. The number of para-hydroxylation sites is 1. The van der Waals surface area contributed by atoms with Crippen LogP contribution in [0.25, 0.3) is 0 Å². The van der Waals surface area contributed by atoms with Crippen molar-refractivity contribution < 1.29 is 22.7 Å². The SMILES string of the molecule is O=C(Nc1c(Cl)cccc1Cl)N1CC(N2CCN(c3ccc(OC(F)(F)F)cc3)CC2)C1. The predicted molar refractivity (Wildman–Crippen MR) is 118 cm³/mol. The van der Waals surface area contributed by atoms with Crippen LogP contribution in [0.2, 0.25) is 10.0 Å². The number of hydrogen-bond donors (Lipinski definition) is 1. The van der Waals surface area contributed by atoms with E-state index in [1.165, 1.54) is 12.1 Å². The van der Waals surface area contributed by atoms with Crippen molar-refractivity contribution in [3.05, 3.63) is 52.5 Å². The lowest BCUT2D eigenvalue weighted by atomic mass is 10.1. The fourth-order valence-corrected chi connectivity index (χ4v) is 4.35. The Labute approximate surface area is 193 Å². The first-order chi connectivity index (χ1) is 15.2. The van der Waals surface area contributed by atoms with Gasteiger partial charge in [0, 0.05) is 51.0 Å². The highest BCUT2D eigenvalue weighted by Crippen LogP contribution is 2.31. The number of alkyl halides is 3. The molecule has 2 amide bonds. The number of carbonyl (C=O) groups is 1. The smallest absolute Gasteiger partial charge is 0.406 e. The van der Waals surface area contributed by atoms with E-state index in [1.807, 2.05) is 0 Å². The molecule has 0 unspecified atom stereocenters. The Balaban J connectivity index is 1.23. The topological polar surface area (TPSA) is 48.1 Å². The molecule has 2 fully saturated rings. The molecule has 2 heterocycles. The number of carbonyl (C=O) groups excluding carboxylic acids is 1. The van der Waals surface area contributed by atoms with Crippen molar-refractivity contribution in [3.63, 3.8) is 0 Å². The molecule has 1 N–H and O–H groups in total. The molecular weight excluding hydrogens is 468 g/mol. The van der Waals surface area contributed by atoms with Crippen LogP contribution in [0.4, 0.5) is 29.3 Å². The Morgan fingerprint density at radius 2 is 1.56 bits per heavy atom. The molecule has 0 radical (unpaired) electrons. The van der Waals surface area contributed by atoms with Crippen LogP contribution in [0.5, 0.6) is 5.75 Å². The van der Waals surface area contributed by atoms with Crippen LogP contribution in [0, 0.1) is 0 Å². The molecule has 32 heavy (non-hydrogen) atoms. The summed E-state index contributed by atoms with van der Waals surface area (Å²) in [5.74, 6) is -0.231. The summed E-state index contributed by atoms with van der Waals surface area (Å²) in [6, 6.07) is 11.0. The molecule has 2 aliphatic heterocycles. The standard InChI is InChI=1S/C21H21Cl2F3N4O2/c22-17-2-1-3-18(23)19(17)27-20(31)30-12-15(13-30)29-10-8-28(9-11-29)14-4-6-16(7-5-14)32-21(24,25)26/h1-7,15H,8-13H2,(H,27,31). The molecule has 2 aromatic carbocycles. The van der Waals surface area contributed by atoms with E-state index in [9.17, 15) is 18.0 Å². The van der Waals surface area contributed by atoms with Gasteiger partial charge >= 0.3 is 12.4 Å². The van der Waals surface area contributed by atoms with Gasteiger partial charge in [0.2, 0.25) is 0 Å². The number of halogens is 5. The largest absolute Gasteiger partial charge is 0.573 e. The first kappa shape index (κ1) is 22.8. The third-order valence-corrected chi connectivity index (χ3v) is 6.24. The van der Waals surface area contributed by atoms with Crippen LogP contribution in [-0.2, 0) is 0 Å². The lowest BCUT2D eigenvalue weighted by molar-refractivity contribution is -0.274. The van der Waals surface area contributed by atoms with Crippen LogP contribution < -0.4 is 15.0 Å². The minimum Gasteiger partial charge on any atom is -0.406 e. The number of benzene rings is 2. The lowest BCUT2D eigenvalue weighted by Gasteiger charge is -2.48. The first-order valence-electron chi connectivity index (χ1n) is 10.0. The van der Waals surface area contributed by atoms with E-state index in [0.29, 0.717) is 28.8 Å². The van der Waals surface area contributed by atoms with Gasteiger partial charge in [0.15, 0.2) is 0 Å². The van der Waals surface area contributed by atoms with Crippen LogP contribution in [-0.4, -0.2) is 67.5 Å². The molecule has 0 bridgehead atoms. The predicted octanol–water partition coefficient (Wildman–Crippen LogP) is 4.93. The minimum atomic E-state index is -4.69. The molecule has 4 rings (SSSR count). The molecule has 0 spiro atoms. The number of amides is 2. The fraction of sp³-hybridized carbons (Fsp3) is 0.381. The van der Waals surface area contributed by atoms with E-state index in [-0.39, 0.29) is 17.8 Å². The van der Waals surface area contributed by atoms with Crippen LogP contribution in [0.1, 0.15) is 0 Å². The molecule has 6 nitrogen and oxygen atoms in total. The van der Waals surface area contributed by atoms with Crippen molar-refractivity contribution in [1.82, 2.24) is 9.80 Å². The zero-order valence-corrected chi connectivity index (χ0v) is 18.4. The Bertz CT molecular complexity index is 940. The Morgan fingerprint density at radius 1 is 0.969 bits per heavy atom.